The molecular weight excluding hydrogens is 200 g/mol. The quantitative estimate of drug-likeness (QED) is 0.398. The first-order valence-electron chi connectivity index (χ1n) is 2.35. The molecule has 48 valence electrons. The van der Waals surface area contributed by atoms with Crippen molar-refractivity contribution in [3.63, 3.8) is 0 Å². The molecule has 2 nitrogen and oxygen atoms in total. The largest absolute Gasteiger partial charge is 0.231 e. The van der Waals surface area contributed by atoms with E-state index in [0.29, 0.717) is 4.73 Å². The fourth-order valence-corrected chi connectivity index (χ4v) is 1.23. The zero-order valence-corrected chi connectivity index (χ0v) is 7.24. The highest BCUT2D eigenvalue weighted by atomic mass is 79.9. The summed E-state index contributed by atoms with van der Waals surface area (Å²) >= 11 is 4.77. The Labute approximate surface area is 66.2 Å². The summed E-state index contributed by atoms with van der Waals surface area (Å²) in [5.41, 5.74) is 0. The van der Waals surface area contributed by atoms with Gasteiger partial charge in [-0.3, -0.25) is 0 Å². The minimum absolute atomic E-state index is 0.648. The lowest BCUT2D eigenvalue weighted by Crippen LogP contribution is -1.81. The minimum Gasteiger partial charge on any atom is -0.231 e. The molecule has 0 amide bonds. The van der Waals surface area contributed by atoms with Gasteiger partial charge in [-0.05, 0) is 28.3 Å². The van der Waals surface area contributed by atoms with E-state index in [4.69, 9.17) is 0 Å². The molecule has 1 aromatic rings. The molecule has 0 aliphatic heterocycles. The first-order chi connectivity index (χ1) is 4.33. The van der Waals surface area contributed by atoms with Crippen molar-refractivity contribution >= 4 is 27.7 Å². The van der Waals surface area contributed by atoms with Crippen molar-refractivity contribution in [2.75, 3.05) is 6.26 Å². The van der Waals surface area contributed by atoms with Crippen molar-refractivity contribution in [2.45, 2.75) is 5.03 Å². The Kier molecular flexibility index (Phi) is 2.48. The van der Waals surface area contributed by atoms with Crippen LogP contribution in [0, 0.1) is 0 Å². The molecule has 0 atom stereocenters. The van der Waals surface area contributed by atoms with Gasteiger partial charge in [-0.2, -0.15) is 0 Å². The topological polar surface area (TPSA) is 25.8 Å². The van der Waals surface area contributed by atoms with Gasteiger partial charge in [-0.15, -0.1) is 11.8 Å². The van der Waals surface area contributed by atoms with Gasteiger partial charge in [0.1, 0.15) is 5.03 Å². The average Bonchev–Trinajstić information content (AvgIpc) is 1.88. The number of hydrogen-bond donors (Lipinski definition) is 0. The van der Waals surface area contributed by atoms with Crippen molar-refractivity contribution in [2.24, 2.45) is 0 Å². The van der Waals surface area contributed by atoms with Crippen molar-refractivity contribution < 1.29 is 0 Å². The highest BCUT2D eigenvalue weighted by Crippen LogP contribution is 2.11. The third kappa shape index (κ3) is 1.95. The third-order valence-corrected chi connectivity index (χ3v) is 1.84. The summed E-state index contributed by atoms with van der Waals surface area (Å²) in [6.07, 6.45) is 3.71. The summed E-state index contributed by atoms with van der Waals surface area (Å²) in [6, 6.07) is 1.87. The van der Waals surface area contributed by atoms with Gasteiger partial charge in [0, 0.05) is 6.20 Å². The lowest BCUT2D eigenvalue weighted by atomic mass is 10.7. The predicted molar refractivity (Wildman–Crippen MR) is 41.5 cm³/mol. The highest BCUT2D eigenvalue weighted by Gasteiger charge is 1.90. The van der Waals surface area contributed by atoms with E-state index in [1.807, 2.05) is 12.3 Å². The smallest absolute Gasteiger partial charge is 0.197 e. The van der Waals surface area contributed by atoms with E-state index in [-0.39, 0.29) is 0 Å². The molecule has 1 heterocycles. The lowest BCUT2D eigenvalue weighted by Gasteiger charge is -1.91. The normalized spacial score (nSPS) is 9.56. The van der Waals surface area contributed by atoms with Crippen LogP contribution in [0.1, 0.15) is 0 Å². The Hall–Kier alpha value is -0.0900. The van der Waals surface area contributed by atoms with Crippen molar-refractivity contribution in [3.8, 4) is 0 Å². The molecule has 0 fully saturated rings. The molecule has 0 aliphatic rings. The van der Waals surface area contributed by atoms with Crippen LogP contribution in [0.4, 0.5) is 0 Å². The Morgan fingerprint density at radius 3 is 2.89 bits per heavy atom. The Bertz CT molecular complexity index is 204. The van der Waals surface area contributed by atoms with Crippen LogP contribution >= 0.6 is 27.7 Å². The number of rotatable bonds is 1. The molecule has 0 saturated carbocycles. The molecule has 0 saturated heterocycles. The van der Waals surface area contributed by atoms with Gasteiger partial charge in [-0.25, -0.2) is 9.97 Å². The molecule has 4 heteroatoms. The summed E-state index contributed by atoms with van der Waals surface area (Å²) in [7, 11) is 0. The van der Waals surface area contributed by atoms with Crippen molar-refractivity contribution in [3.05, 3.63) is 17.0 Å². The third-order valence-electron chi connectivity index (χ3n) is 0.810. The van der Waals surface area contributed by atoms with Crippen LogP contribution in [0.2, 0.25) is 0 Å². The van der Waals surface area contributed by atoms with Crippen molar-refractivity contribution in [1.82, 2.24) is 9.97 Å². The van der Waals surface area contributed by atoms with Crippen LogP contribution in [0.15, 0.2) is 22.0 Å². The number of aromatic nitrogens is 2. The van der Waals surface area contributed by atoms with Gasteiger partial charge in [0.25, 0.3) is 0 Å². The van der Waals surface area contributed by atoms with E-state index in [0.717, 1.165) is 5.03 Å². The summed E-state index contributed by atoms with van der Waals surface area (Å²) in [6.45, 7) is 0. The standard InChI is InChI=1S/C5H5BrN2S/c1-9-4-2-3-7-5(6)8-4/h2-3H,1H3. The monoisotopic (exact) mass is 204 g/mol. The van der Waals surface area contributed by atoms with Crippen LogP contribution < -0.4 is 0 Å². The number of halogens is 1. The molecule has 9 heavy (non-hydrogen) atoms. The van der Waals surface area contributed by atoms with E-state index in [2.05, 4.69) is 25.9 Å². The van der Waals surface area contributed by atoms with Gasteiger partial charge >= 0.3 is 0 Å². The molecule has 0 unspecified atom stereocenters. The summed E-state index contributed by atoms with van der Waals surface area (Å²) in [4.78, 5) is 7.94. The fourth-order valence-electron chi connectivity index (χ4n) is 0.433. The van der Waals surface area contributed by atoms with Gasteiger partial charge in [-0.1, -0.05) is 0 Å². The van der Waals surface area contributed by atoms with E-state index >= 15 is 0 Å². The summed E-state index contributed by atoms with van der Waals surface area (Å²) < 4.78 is 0.648. The summed E-state index contributed by atoms with van der Waals surface area (Å²) in [5.74, 6) is 0. The summed E-state index contributed by atoms with van der Waals surface area (Å²) in [5, 5.41) is 0.983. The van der Waals surface area contributed by atoms with E-state index in [9.17, 15) is 0 Å². The average molecular weight is 205 g/mol. The molecular formula is C5H5BrN2S. The minimum atomic E-state index is 0.648. The van der Waals surface area contributed by atoms with Gasteiger partial charge < -0.3 is 0 Å². The van der Waals surface area contributed by atoms with Crippen molar-refractivity contribution in [1.29, 1.82) is 0 Å². The maximum atomic E-state index is 4.06. The first kappa shape index (κ1) is 7.02. The van der Waals surface area contributed by atoms with E-state index in [1.54, 1.807) is 18.0 Å². The first-order valence-corrected chi connectivity index (χ1v) is 4.37. The second-order valence-corrected chi connectivity index (χ2v) is 2.90. The molecule has 0 N–H and O–H groups in total. The van der Waals surface area contributed by atoms with Crippen LogP contribution in [0.5, 0.6) is 0 Å². The Morgan fingerprint density at radius 1 is 1.67 bits per heavy atom. The number of nitrogens with zero attached hydrogens (tertiary/aromatic N) is 2. The second-order valence-electron chi connectivity index (χ2n) is 1.37. The maximum Gasteiger partial charge on any atom is 0.197 e. The highest BCUT2D eigenvalue weighted by molar-refractivity contribution is 9.10. The number of hydrogen-bond acceptors (Lipinski definition) is 3. The van der Waals surface area contributed by atoms with E-state index < -0.39 is 0 Å². The van der Waals surface area contributed by atoms with Crippen LogP contribution in [0.25, 0.3) is 0 Å². The van der Waals surface area contributed by atoms with E-state index in [1.165, 1.54) is 0 Å². The molecule has 1 rings (SSSR count). The maximum absolute atomic E-state index is 4.06. The molecule has 0 aliphatic carbocycles. The molecule has 1 aromatic heterocycles. The molecule has 0 spiro atoms. The number of thioether (sulfide) groups is 1. The van der Waals surface area contributed by atoms with Crippen LogP contribution in [-0.2, 0) is 0 Å². The van der Waals surface area contributed by atoms with Gasteiger partial charge in [0.2, 0.25) is 0 Å². The Morgan fingerprint density at radius 2 is 2.44 bits per heavy atom. The van der Waals surface area contributed by atoms with Crippen LogP contribution in [-0.4, -0.2) is 16.2 Å². The second kappa shape index (κ2) is 3.17. The molecule has 0 bridgehead atoms. The zero-order chi connectivity index (χ0) is 6.69. The zero-order valence-electron chi connectivity index (χ0n) is 4.84. The molecule has 0 aromatic carbocycles. The lowest BCUT2D eigenvalue weighted by molar-refractivity contribution is 1.01. The predicted octanol–water partition coefficient (Wildman–Crippen LogP) is 1.96. The van der Waals surface area contributed by atoms with Gasteiger partial charge in [0.05, 0.1) is 0 Å². The Balaban J connectivity index is 2.94. The van der Waals surface area contributed by atoms with Gasteiger partial charge in [0.15, 0.2) is 4.73 Å². The fraction of sp³-hybridized carbons (Fsp3) is 0.200. The van der Waals surface area contributed by atoms with Crippen LogP contribution in [0.3, 0.4) is 0 Å². The molecule has 0 radical (unpaired) electrons. The SMILES string of the molecule is CSc1ccnc(Br)n1.